The second kappa shape index (κ2) is 9.78. The highest BCUT2D eigenvalue weighted by Crippen LogP contribution is 2.17. The van der Waals surface area contributed by atoms with Crippen LogP contribution in [0.5, 0.6) is 5.75 Å². The third-order valence-corrected chi connectivity index (χ3v) is 3.65. The summed E-state index contributed by atoms with van der Waals surface area (Å²) in [5.41, 5.74) is 1.31. The molecule has 0 spiro atoms. The van der Waals surface area contributed by atoms with Gasteiger partial charge in [-0.05, 0) is 50.7 Å². The van der Waals surface area contributed by atoms with Gasteiger partial charge in [0.15, 0.2) is 0 Å². The van der Waals surface area contributed by atoms with Gasteiger partial charge in [0.2, 0.25) is 0 Å². The zero-order valence-corrected chi connectivity index (χ0v) is 13.5. The first-order chi connectivity index (χ1) is 9.71. The number of nitrogens with one attached hydrogen (secondary N) is 1. The van der Waals surface area contributed by atoms with E-state index in [1.807, 2.05) is 0 Å². The molecule has 0 aliphatic heterocycles. The summed E-state index contributed by atoms with van der Waals surface area (Å²) in [5.74, 6) is 0.962. The van der Waals surface area contributed by atoms with E-state index in [1.54, 1.807) is 0 Å². The number of likely N-dealkylation sites (N-methyl/N-ethyl adjacent to an activating group) is 1. The molecule has 114 valence electrons. The van der Waals surface area contributed by atoms with Crippen LogP contribution in [0.3, 0.4) is 0 Å². The van der Waals surface area contributed by atoms with Crippen LogP contribution in [-0.4, -0.2) is 37.7 Å². The molecule has 0 aromatic heterocycles. The van der Waals surface area contributed by atoms with Crippen molar-refractivity contribution >= 4 is 0 Å². The minimum Gasteiger partial charge on any atom is -0.492 e. The molecule has 0 heterocycles. The van der Waals surface area contributed by atoms with Gasteiger partial charge >= 0.3 is 0 Å². The molecule has 0 saturated heterocycles. The van der Waals surface area contributed by atoms with Crippen LogP contribution in [0.4, 0.5) is 0 Å². The Hall–Kier alpha value is -1.06. The second-order valence-electron chi connectivity index (χ2n) is 5.12. The van der Waals surface area contributed by atoms with Gasteiger partial charge in [0, 0.05) is 12.6 Å². The van der Waals surface area contributed by atoms with Crippen LogP contribution in [0.25, 0.3) is 0 Å². The van der Waals surface area contributed by atoms with E-state index in [2.05, 4.69) is 62.2 Å². The molecule has 0 fully saturated rings. The summed E-state index contributed by atoms with van der Waals surface area (Å²) in [5, 5.41) is 3.49. The average Bonchev–Trinajstić information content (AvgIpc) is 2.50. The zero-order chi connectivity index (χ0) is 14.8. The molecule has 0 amide bonds. The zero-order valence-electron chi connectivity index (χ0n) is 13.5. The maximum Gasteiger partial charge on any atom is 0.119 e. The largest absolute Gasteiger partial charge is 0.492 e. The quantitative estimate of drug-likeness (QED) is 0.709. The molecule has 1 unspecified atom stereocenters. The van der Waals surface area contributed by atoms with Gasteiger partial charge < -0.3 is 15.0 Å². The molecule has 20 heavy (non-hydrogen) atoms. The lowest BCUT2D eigenvalue weighted by Gasteiger charge is -2.18. The lowest BCUT2D eigenvalue weighted by atomic mass is 10.1. The van der Waals surface area contributed by atoms with Gasteiger partial charge in [-0.1, -0.05) is 32.9 Å². The Morgan fingerprint density at radius 2 is 1.75 bits per heavy atom. The topological polar surface area (TPSA) is 24.5 Å². The molecule has 3 heteroatoms. The number of nitrogens with zero attached hydrogens (tertiary/aromatic N) is 1. The first-order valence-electron chi connectivity index (χ1n) is 7.89. The Balaban J connectivity index is 2.38. The molecule has 0 bridgehead atoms. The fraction of sp³-hybridized carbons (Fsp3) is 0.647. The molecule has 0 radical (unpaired) electrons. The highest BCUT2D eigenvalue weighted by Gasteiger charge is 2.04. The maximum atomic E-state index is 5.79. The Bertz CT molecular complexity index is 347. The fourth-order valence-corrected chi connectivity index (χ4v) is 2.16. The summed E-state index contributed by atoms with van der Waals surface area (Å²) in [6, 6.07) is 8.85. The molecule has 0 aliphatic rings. The van der Waals surface area contributed by atoms with Gasteiger partial charge in [-0.2, -0.15) is 0 Å². The smallest absolute Gasteiger partial charge is 0.119 e. The maximum absolute atomic E-state index is 5.79. The summed E-state index contributed by atoms with van der Waals surface area (Å²) in [7, 11) is 0. The van der Waals surface area contributed by atoms with Crippen LogP contribution in [0.15, 0.2) is 24.3 Å². The molecule has 0 aliphatic carbocycles. The standard InChI is InChI=1S/C17H30N2O/c1-5-12-18-15(4)16-8-10-17(11-9-16)20-14-13-19(6-2)7-3/h8-11,15,18H,5-7,12-14H2,1-4H3. The van der Waals surface area contributed by atoms with Gasteiger partial charge in [0.05, 0.1) is 0 Å². The predicted molar refractivity (Wildman–Crippen MR) is 86.4 cm³/mol. The average molecular weight is 278 g/mol. The van der Waals surface area contributed by atoms with Crippen molar-refractivity contribution in [3.63, 3.8) is 0 Å². The minimum atomic E-state index is 0.402. The molecule has 1 atom stereocenters. The summed E-state index contributed by atoms with van der Waals surface area (Å²) in [6.45, 7) is 13.7. The van der Waals surface area contributed by atoms with Crippen LogP contribution < -0.4 is 10.1 Å². The number of rotatable bonds is 10. The van der Waals surface area contributed by atoms with E-state index in [-0.39, 0.29) is 0 Å². The van der Waals surface area contributed by atoms with Gasteiger partial charge in [0.1, 0.15) is 12.4 Å². The SMILES string of the molecule is CCCNC(C)c1ccc(OCCN(CC)CC)cc1. The summed E-state index contributed by atoms with van der Waals surface area (Å²) in [6.07, 6.45) is 1.16. The lowest BCUT2D eigenvalue weighted by molar-refractivity contribution is 0.223. The first-order valence-corrected chi connectivity index (χ1v) is 7.89. The van der Waals surface area contributed by atoms with E-state index in [4.69, 9.17) is 4.74 Å². The number of ether oxygens (including phenoxy) is 1. The fourth-order valence-electron chi connectivity index (χ4n) is 2.16. The van der Waals surface area contributed by atoms with Crippen molar-refractivity contribution in [3.8, 4) is 5.75 Å². The van der Waals surface area contributed by atoms with Crippen LogP contribution in [0.2, 0.25) is 0 Å². The van der Waals surface area contributed by atoms with E-state index < -0.39 is 0 Å². The first kappa shape index (κ1) is 17.0. The van der Waals surface area contributed by atoms with Crippen molar-refractivity contribution in [3.05, 3.63) is 29.8 Å². The summed E-state index contributed by atoms with van der Waals surface area (Å²) >= 11 is 0. The van der Waals surface area contributed by atoms with Crippen molar-refractivity contribution in [1.29, 1.82) is 0 Å². The molecule has 1 N–H and O–H groups in total. The van der Waals surface area contributed by atoms with Crippen LogP contribution in [0.1, 0.15) is 45.7 Å². The number of hydrogen-bond donors (Lipinski definition) is 1. The van der Waals surface area contributed by atoms with Gasteiger partial charge in [-0.25, -0.2) is 0 Å². The van der Waals surface area contributed by atoms with E-state index >= 15 is 0 Å². The van der Waals surface area contributed by atoms with Crippen LogP contribution in [-0.2, 0) is 0 Å². The molecular formula is C17H30N2O. The third-order valence-electron chi connectivity index (χ3n) is 3.65. The van der Waals surface area contributed by atoms with Gasteiger partial charge in [0.25, 0.3) is 0 Å². The van der Waals surface area contributed by atoms with Crippen LogP contribution in [0, 0.1) is 0 Å². The normalized spacial score (nSPS) is 12.7. The predicted octanol–water partition coefficient (Wildman–Crippen LogP) is 3.47. The van der Waals surface area contributed by atoms with Gasteiger partial charge in [-0.15, -0.1) is 0 Å². The van der Waals surface area contributed by atoms with E-state index in [0.29, 0.717) is 6.04 Å². The van der Waals surface area contributed by atoms with E-state index in [9.17, 15) is 0 Å². The molecule has 1 rings (SSSR count). The minimum absolute atomic E-state index is 0.402. The van der Waals surface area contributed by atoms with Crippen molar-refractivity contribution in [1.82, 2.24) is 10.2 Å². The summed E-state index contributed by atoms with van der Waals surface area (Å²) < 4.78 is 5.79. The molecule has 1 aromatic carbocycles. The monoisotopic (exact) mass is 278 g/mol. The second-order valence-corrected chi connectivity index (χ2v) is 5.12. The van der Waals surface area contributed by atoms with Crippen molar-refractivity contribution in [2.24, 2.45) is 0 Å². The molecular weight excluding hydrogens is 248 g/mol. The summed E-state index contributed by atoms with van der Waals surface area (Å²) in [4.78, 5) is 2.37. The molecule has 0 saturated carbocycles. The molecule has 1 aromatic rings. The van der Waals surface area contributed by atoms with Crippen LogP contribution >= 0.6 is 0 Å². The number of benzene rings is 1. The van der Waals surface area contributed by atoms with E-state index in [0.717, 1.165) is 45.0 Å². The highest BCUT2D eigenvalue weighted by atomic mass is 16.5. The molecule has 3 nitrogen and oxygen atoms in total. The number of hydrogen-bond acceptors (Lipinski definition) is 3. The van der Waals surface area contributed by atoms with Gasteiger partial charge in [-0.3, -0.25) is 0 Å². The van der Waals surface area contributed by atoms with Crippen molar-refractivity contribution in [2.45, 2.75) is 40.2 Å². The highest BCUT2D eigenvalue weighted by molar-refractivity contribution is 5.28. The third kappa shape index (κ3) is 5.93. The Kier molecular flexibility index (Phi) is 8.31. The van der Waals surface area contributed by atoms with Crippen molar-refractivity contribution < 1.29 is 4.74 Å². The Labute approximate surface area is 124 Å². The van der Waals surface area contributed by atoms with Crippen molar-refractivity contribution in [2.75, 3.05) is 32.8 Å². The Morgan fingerprint density at radius 1 is 1.10 bits per heavy atom. The van der Waals surface area contributed by atoms with E-state index in [1.165, 1.54) is 5.56 Å². The lowest BCUT2D eigenvalue weighted by Crippen LogP contribution is -2.27. The Morgan fingerprint density at radius 3 is 2.30 bits per heavy atom.